The van der Waals surface area contributed by atoms with Crippen molar-refractivity contribution in [3.05, 3.63) is 43.2 Å². The Bertz CT molecular complexity index is 459. The normalized spacial score (nSPS) is 24.6. The summed E-state index contributed by atoms with van der Waals surface area (Å²) in [6.07, 6.45) is 12.0. The third-order valence-electron chi connectivity index (χ3n) is 5.07. The first-order valence-corrected chi connectivity index (χ1v) is 8.08. The van der Waals surface area contributed by atoms with Crippen molar-refractivity contribution in [1.29, 1.82) is 0 Å². The van der Waals surface area contributed by atoms with Crippen LogP contribution in [0.5, 0.6) is 0 Å². The Morgan fingerprint density at radius 3 is 1.53 bits per heavy atom. The molecule has 0 saturated carbocycles. The smallest absolute Gasteiger partial charge is 1.00 e. The molecule has 1 aliphatic heterocycles. The van der Waals surface area contributed by atoms with E-state index in [2.05, 4.69) is 52.0 Å². The molecule has 0 aromatic rings. The van der Waals surface area contributed by atoms with E-state index in [4.69, 9.17) is 0 Å². The second kappa shape index (κ2) is 5.56. The first-order chi connectivity index (χ1) is 7.94. The van der Waals surface area contributed by atoms with Gasteiger partial charge in [0.2, 0.25) is 0 Å². The zero-order chi connectivity index (χ0) is 12.3. The van der Waals surface area contributed by atoms with Crippen molar-refractivity contribution in [3.63, 3.8) is 0 Å². The largest absolute Gasteiger partial charge is 1.00 e. The van der Waals surface area contributed by atoms with E-state index in [-0.39, 0.29) is 54.8 Å². The van der Waals surface area contributed by atoms with Gasteiger partial charge in [0, 0.05) is 0 Å². The van der Waals surface area contributed by atoms with Gasteiger partial charge in [0.15, 0.2) is 0 Å². The maximum absolute atomic E-state index is 2.44. The third-order valence-corrected chi connectivity index (χ3v) is 7.50. The SMILES string of the molecule is CC1(C)C2=[C](CC=C2)[Ti+2][C]2=C(C=CC2)C1(C)C.[Cl-].[Cl-]. The van der Waals surface area contributed by atoms with Crippen LogP contribution in [0.1, 0.15) is 40.5 Å². The predicted molar refractivity (Wildman–Crippen MR) is 69.1 cm³/mol. The molecule has 19 heavy (non-hydrogen) atoms. The second-order valence-electron chi connectivity index (χ2n) is 6.37. The number of hydrogen-bond acceptors (Lipinski definition) is 0. The Kier molecular flexibility index (Phi) is 5.07. The van der Waals surface area contributed by atoms with Gasteiger partial charge in [-0.15, -0.1) is 0 Å². The molecule has 0 radical (unpaired) electrons. The second-order valence-corrected chi connectivity index (χ2v) is 8.65. The van der Waals surface area contributed by atoms with Crippen LogP contribution in [-0.4, -0.2) is 0 Å². The van der Waals surface area contributed by atoms with Gasteiger partial charge in [0.25, 0.3) is 0 Å². The molecule has 3 heteroatoms. The first kappa shape index (κ1) is 17.3. The van der Waals surface area contributed by atoms with Crippen LogP contribution >= 0.6 is 0 Å². The summed E-state index contributed by atoms with van der Waals surface area (Å²) in [4.78, 5) is 0. The maximum atomic E-state index is 2.44. The Labute approximate surface area is 138 Å². The monoisotopic (exact) mass is 330 g/mol. The fourth-order valence-corrected chi connectivity index (χ4v) is 6.19. The molecule has 102 valence electrons. The summed E-state index contributed by atoms with van der Waals surface area (Å²) in [6, 6.07) is 0. The summed E-state index contributed by atoms with van der Waals surface area (Å²) in [7, 11) is 0. The van der Waals surface area contributed by atoms with Crippen LogP contribution in [0.4, 0.5) is 0 Å². The summed E-state index contributed by atoms with van der Waals surface area (Å²) >= 11 is -0.0338. The van der Waals surface area contributed by atoms with E-state index >= 15 is 0 Å². The van der Waals surface area contributed by atoms with Crippen molar-refractivity contribution in [2.24, 2.45) is 10.8 Å². The van der Waals surface area contributed by atoms with Gasteiger partial charge in [-0.25, -0.2) is 0 Å². The molecule has 0 spiro atoms. The van der Waals surface area contributed by atoms with Gasteiger partial charge < -0.3 is 24.8 Å². The summed E-state index contributed by atoms with van der Waals surface area (Å²) in [6.45, 7) is 9.75. The van der Waals surface area contributed by atoms with Crippen molar-refractivity contribution in [2.75, 3.05) is 0 Å². The first-order valence-electron chi connectivity index (χ1n) is 6.52. The molecule has 0 aromatic heterocycles. The van der Waals surface area contributed by atoms with Gasteiger partial charge in [-0.05, 0) is 0 Å². The van der Waals surface area contributed by atoms with Crippen LogP contribution in [-0.2, 0) is 19.2 Å². The average molecular weight is 331 g/mol. The summed E-state index contributed by atoms with van der Waals surface area (Å²) in [5, 5.41) is 0. The fourth-order valence-electron chi connectivity index (χ4n) is 3.27. The molecule has 0 nitrogen and oxygen atoms in total. The molecule has 2 aliphatic carbocycles. The average Bonchev–Trinajstić information content (AvgIpc) is 2.85. The van der Waals surface area contributed by atoms with Crippen molar-refractivity contribution >= 4 is 0 Å². The van der Waals surface area contributed by atoms with E-state index in [0.717, 1.165) is 0 Å². The van der Waals surface area contributed by atoms with Crippen LogP contribution in [0.15, 0.2) is 43.2 Å². The van der Waals surface area contributed by atoms with Crippen LogP contribution in [0, 0.1) is 10.8 Å². The molecule has 0 N–H and O–H groups in total. The minimum atomic E-state index is -0.0338. The van der Waals surface area contributed by atoms with Crippen LogP contribution in [0.2, 0.25) is 0 Å². The van der Waals surface area contributed by atoms with E-state index in [0.29, 0.717) is 0 Å². The quantitative estimate of drug-likeness (QED) is 0.478. The standard InChI is InChI=1S/C16H20.2ClH.Ti/c1-15(2,13-9-5-6-10-13)16(3,4)14-11-7-8-12-14;;;/h5,7,9,11H,6,8H2,1-4H3;2*1H;/q;;;+2/p-2. The van der Waals surface area contributed by atoms with Crippen LogP contribution in [0.25, 0.3) is 0 Å². The topological polar surface area (TPSA) is 0 Å². The van der Waals surface area contributed by atoms with Crippen LogP contribution in [0.3, 0.4) is 0 Å². The zero-order valence-corrected chi connectivity index (χ0v) is 15.1. The number of rotatable bonds is 0. The molecular weight excluding hydrogens is 311 g/mol. The van der Waals surface area contributed by atoms with Gasteiger partial charge >= 0.3 is 114 Å². The Morgan fingerprint density at radius 2 is 1.16 bits per heavy atom. The van der Waals surface area contributed by atoms with Crippen molar-refractivity contribution < 1.29 is 44.0 Å². The van der Waals surface area contributed by atoms with Gasteiger partial charge in [-0.3, -0.25) is 0 Å². The molecule has 0 atom stereocenters. The Morgan fingerprint density at radius 1 is 0.789 bits per heavy atom. The molecule has 0 aromatic carbocycles. The molecule has 0 bridgehead atoms. The van der Waals surface area contributed by atoms with E-state index in [1.54, 1.807) is 18.9 Å². The summed E-state index contributed by atoms with van der Waals surface area (Å²) in [5.74, 6) is 0. The van der Waals surface area contributed by atoms with Crippen LogP contribution < -0.4 is 24.8 Å². The number of allylic oxidation sites excluding steroid dienone is 8. The van der Waals surface area contributed by atoms with E-state index in [1.807, 2.05) is 0 Å². The molecule has 3 rings (SSSR count). The van der Waals surface area contributed by atoms with Crippen molar-refractivity contribution in [2.45, 2.75) is 40.5 Å². The predicted octanol–water partition coefficient (Wildman–Crippen LogP) is -1.43. The maximum Gasteiger partial charge on any atom is -1.00 e. The van der Waals surface area contributed by atoms with Gasteiger partial charge in [0.1, 0.15) is 0 Å². The zero-order valence-electron chi connectivity index (χ0n) is 12.0. The summed E-state index contributed by atoms with van der Waals surface area (Å²) < 4.78 is 3.58. The molecule has 0 saturated heterocycles. The van der Waals surface area contributed by atoms with E-state index < -0.39 is 0 Å². The molecule has 0 fully saturated rings. The molecule has 3 aliphatic rings. The number of halogens is 2. The van der Waals surface area contributed by atoms with E-state index in [9.17, 15) is 0 Å². The third kappa shape index (κ3) is 2.35. The van der Waals surface area contributed by atoms with Crippen molar-refractivity contribution in [1.82, 2.24) is 0 Å². The van der Waals surface area contributed by atoms with Crippen molar-refractivity contribution in [3.8, 4) is 0 Å². The number of hydrogen-bond donors (Lipinski definition) is 0. The summed E-state index contributed by atoms with van der Waals surface area (Å²) in [5.41, 5.74) is 3.85. The molecule has 0 unspecified atom stereocenters. The molecule has 0 amide bonds. The molecule has 1 heterocycles. The van der Waals surface area contributed by atoms with E-state index in [1.165, 1.54) is 12.8 Å². The molecular formula is C16H20Cl2Ti. The van der Waals surface area contributed by atoms with Gasteiger partial charge in [-0.2, -0.15) is 0 Å². The minimum absolute atomic E-state index is 0. The van der Waals surface area contributed by atoms with Gasteiger partial charge in [-0.1, -0.05) is 0 Å². The minimum Gasteiger partial charge on any atom is -1.00 e. The van der Waals surface area contributed by atoms with Gasteiger partial charge in [0.05, 0.1) is 0 Å². The Hall–Kier alpha value is 0.254. The Balaban J connectivity index is 0.000000902. The fraction of sp³-hybridized carbons (Fsp3) is 0.500.